The summed E-state index contributed by atoms with van der Waals surface area (Å²) in [7, 11) is 2.52. The van der Waals surface area contributed by atoms with Crippen molar-refractivity contribution in [2.75, 3.05) is 14.2 Å². The summed E-state index contributed by atoms with van der Waals surface area (Å²) in [6, 6.07) is 9.17. The summed E-state index contributed by atoms with van der Waals surface area (Å²) in [5, 5.41) is 9.84. The molecule has 0 aliphatic heterocycles. The van der Waals surface area contributed by atoms with Gasteiger partial charge in [-0.1, -0.05) is 15.9 Å². The highest BCUT2D eigenvalue weighted by Gasteiger charge is 2.15. The van der Waals surface area contributed by atoms with E-state index in [1.807, 2.05) is 0 Å². The van der Waals surface area contributed by atoms with Crippen LogP contribution < -0.4 is 0 Å². The summed E-state index contributed by atoms with van der Waals surface area (Å²) >= 11 is 3.30. The fourth-order valence-electron chi connectivity index (χ4n) is 1.93. The molecule has 0 atom stereocenters. The molecule has 0 saturated heterocycles. The van der Waals surface area contributed by atoms with Crippen LogP contribution in [0, 0.1) is 0 Å². The Morgan fingerprint density at radius 3 is 2.46 bits per heavy atom. The maximum Gasteiger partial charge on any atom is 0.340 e. The van der Waals surface area contributed by atoms with E-state index in [4.69, 9.17) is 4.74 Å². The number of esters is 2. The van der Waals surface area contributed by atoms with Gasteiger partial charge in [0.25, 0.3) is 0 Å². The van der Waals surface area contributed by atoms with E-state index in [1.54, 1.807) is 12.1 Å². The number of carbonyl (C=O) groups is 2. The number of hydrogen-bond donors (Lipinski definition) is 1. The molecule has 0 saturated carbocycles. The van der Waals surface area contributed by atoms with E-state index in [2.05, 4.69) is 25.7 Å². The first-order valence-electron chi connectivity index (χ1n) is 6.79. The molecule has 1 N–H and O–H groups in total. The van der Waals surface area contributed by atoms with Gasteiger partial charge in [0, 0.05) is 16.3 Å². The van der Waals surface area contributed by atoms with Crippen molar-refractivity contribution in [3.05, 3.63) is 57.6 Å². The molecule has 0 fully saturated rings. The molecule has 6 nitrogen and oxygen atoms in total. The molecule has 0 heterocycles. The third kappa shape index (κ3) is 3.99. The number of halogens is 1. The Hall–Kier alpha value is -2.67. The monoisotopic (exact) mass is 391 g/mol. The van der Waals surface area contributed by atoms with Crippen molar-refractivity contribution in [2.24, 2.45) is 4.99 Å². The Bertz CT molecular complexity index is 817. The molecule has 0 aliphatic rings. The molecule has 7 heteroatoms. The molecule has 0 unspecified atom stereocenters. The van der Waals surface area contributed by atoms with Crippen LogP contribution in [0.3, 0.4) is 0 Å². The van der Waals surface area contributed by atoms with Crippen LogP contribution in [-0.2, 0) is 9.47 Å². The van der Waals surface area contributed by atoms with Crippen LogP contribution in [-0.4, -0.2) is 37.5 Å². The number of hydrogen-bond acceptors (Lipinski definition) is 6. The minimum absolute atomic E-state index is 0.0330. The predicted molar refractivity (Wildman–Crippen MR) is 92.2 cm³/mol. The van der Waals surface area contributed by atoms with Crippen molar-refractivity contribution in [1.29, 1.82) is 0 Å². The summed E-state index contributed by atoms with van der Waals surface area (Å²) in [5.41, 5.74) is 1.11. The van der Waals surface area contributed by atoms with E-state index < -0.39 is 11.9 Å². The Labute approximate surface area is 146 Å². The molecule has 0 aliphatic carbocycles. The summed E-state index contributed by atoms with van der Waals surface area (Å²) < 4.78 is 10.1. The predicted octanol–water partition coefficient (Wildman–Crippen LogP) is 3.48. The van der Waals surface area contributed by atoms with Crippen LogP contribution in [0.5, 0.6) is 5.75 Å². The van der Waals surface area contributed by atoms with Gasteiger partial charge in [0.05, 0.1) is 31.0 Å². The smallest absolute Gasteiger partial charge is 0.340 e. The highest BCUT2D eigenvalue weighted by atomic mass is 79.9. The minimum atomic E-state index is -0.586. The number of aliphatic imine (C=N–C) groups is 1. The van der Waals surface area contributed by atoms with Crippen molar-refractivity contribution in [3.8, 4) is 5.75 Å². The molecule has 0 bridgehead atoms. The molecule has 2 aromatic carbocycles. The lowest BCUT2D eigenvalue weighted by molar-refractivity contribution is 0.0587. The second kappa shape index (κ2) is 7.74. The zero-order valence-electron chi connectivity index (χ0n) is 12.9. The van der Waals surface area contributed by atoms with Crippen molar-refractivity contribution < 1.29 is 24.2 Å². The minimum Gasteiger partial charge on any atom is -0.507 e. The van der Waals surface area contributed by atoms with Gasteiger partial charge in [0.15, 0.2) is 0 Å². The number of aromatic hydroxyl groups is 1. The number of rotatable bonds is 4. The largest absolute Gasteiger partial charge is 0.507 e. The van der Waals surface area contributed by atoms with E-state index in [1.165, 1.54) is 44.7 Å². The maximum absolute atomic E-state index is 11.8. The topological polar surface area (TPSA) is 85.2 Å². The highest BCUT2D eigenvalue weighted by molar-refractivity contribution is 9.10. The fourth-order valence-corrected chi connectivity index (χ4v) is 2.31. The quantitative estimate of drug-likeness (QED) is 0.636. The second-order valence-electron chi connectivity index (χ2n) is 4.68. The molecule has 0 amide bonds. The van der Waals surface area contributed by atoms with Crippen LogP contribution in [0.25, 0.3) is 0 Å². The molecular formula is C17H14BrNO5. The van der Waals surface area contributed by atoms with Crippen molar-refractivity contribution in [1.82, 2.24) is 0 Å². The number of nitrogens with zero attached hydrogens (tertiary/aromatic N) is 1. The van der Waals surface area contributed by atoms with Gasteiger partial charge in [0.2, 0.25) is 0 Å². The molecule has 0 aromatic heterocycles. The molecule has 24 heavy (non-hydrogen) atoms. The Balaban J connectivity index is 2.49. The molecule has 0 spiro atoms. The van der Waals surface area contributed by atoms with E-state index in [9.17, 15) is 14.7 Å². The van der Waals surface area contributed by atoms with E-state index in [0.29, 0.717) is 5.56 Å². The number of carbonyl (C=O) groups excluding carboxylic acids is 2. The lowest BCUT2D eigenvalue weighted by Gasteiger charge is -2.06. The molecule has 2 aromatic rings. The molecule has 2 rings (SSSR count). The summed E-state index contributed by atoms with van der Waals surface area (Å²) in [4.78, 5) is 27.7. The first kappa shape index (κ1) is 17.7. The summed E-state index contributed by atoms with van der Waals surface area (Å²) in [6.45, 7) is 0. The Kier molecular flexibility index (Phi) is 5.70. The van der Waals surface area contributed by atoms with E-state index in [0.717, 1.165) is 4.47 Å². The number of benzene rings is 2. The summed E-state index contributed by atoms with van der Waals surface area (Å²) in [6.07, 6.45) is 1.39. The van der Waals surface area contributed by atoms with Crippen molar-refractivity contribution >= 4 is 39.8 Å². The van der Waals surface area contributed by atoms with Gasteiger partial charge in [0.1, 0.15) is 5.75 Å². The lowest BCUT2D eigenvalue weighted by atomic mass is 10.1. The van der Waals surface area contributed by atoms with Crippen LogP contribution in [0.2, 0.25) is 0 Å². The number of ether oxygens (including phenoxy) is 2. The van der Waals surface area contributed by atoms with Crippen LogP contribution >= 0.6 is 15.9 Å². The fraction of sp³-hybridized carbons (Fsp3) is 0.118. The first-order chi connectivity index (χ1) is 11.5. The molecule has 0 radical (unpaired) electrons. The molecule has 124 valence electrons. The number of phenolic OH excluding ortho intramolecular Hbond substituents is 1. The van der Waals surface area contributed by atoms with Gasteiger partial charge in [-0.05, 0) is 36.4 Å². The van der Waals surface area contributed by atoms with Gasteiger partial charge in [-0.15, -0.1) is 0 Å². The lowest BCUT2D eigenvalue weighted by Crippen LogP contribution is -2.05. The van der Waals surface area contributed by atoms with E-state index in [-0.39, 0.29) is 22.6 Å². The maximum atomic E-state index is 11.8. The van der Waals surface area contributed by atoms with Crippen molar-refractivity contribution in [2.45, 2.75) is 0 Å². The zero-order chi connectivity index (χ0) is 17.7. The Morgan fingerprint density at radius 1 is 1.08 bits per heavy atom. The molecular weight excluding hydrogens is 378 g/mol. The average molecular weight is 392 g/mol. The first-order valence-corrected chi connectivity index (χ1v) is 7.59. The SMILES string of the molecule is COC(=O)c1ccc(C(=O)OC)c(N=Cc2cc(Br)ccc2O)c1. The Morgan fingerprint density at radius 2 is 1.79 bits per heavy atom. The highest BCUT2D eigenvalue weighted by Crippen LogP contribution is 2.25. The van der Waals surface area contributed by atoms with Gasteiger partial charge in [-0.2, -0.15) is 0 Å². The van der Waals surface area contributed by atoms with Gasteiger partial charge >= 0.3 is 11.9 Å². The van der Waals surface area contributed by atoms with E-state index >= 15 is 0 Å². The third-order valence-electron chi connectivity index (χ3n) is 3.16. The van der Waals surface area contributed by atoms with Gasteiger partial charge in [-0.25, -0.2) is 9.59 Å². The average Bonchev–Trinajstić information content (AvgIpc) is 2.60. The van der Waals surface area contributed by atoms with Crippen LogP contribution in [0.4, 0.5) is 5.69 Å². The number of methoxy groups -OCH3 is 2. The van der Waals surface area contributed by atoms with Crippen LogP contribution in [0.1, 0.15) is 26.3 Å². The normalized spacial score (nSPS) is 10.6. The number of phenols is 1. The van der Waals surface area contributed by atoms with Crippen LogP contribution in [0.15, 0.2) is 45.9 Å². The zero-order valence-corrected chi connectivity index (χ0v) is 14.5. The second-order valence-corrected chi connectivity index (χ2v) is 5.59. The standard InChI is InChI=1S/C17H14BrNO5/c1-23-16(21)10-3-5-13(17(22)24-2)14(8-10)19-9-11-7-12(18)4-6-15(11)20/h3-9,20H,1-2H3. The third-order valence-corrected chi connectivity index (χ3v) is 3.65. The van der Waals surface area contributed by atoms with Gasteiger partial charge < -0.3 is 14.6 Å². The summed E-state index contributed by atoms with van der Waals surface area (Å²) in [5.74, 6) is -1.10. The van der Waals surface area contributed by atoms with Crippen molar-refractivity contribution in [3.63, 3.8) is 0 Å². The van der Waals surface area contributed by atoms with Gasteiger partial charge in [-0.3, -0.25) is 4.99 Å².